The van der Waals surface area contributed by atoms with Crippen LogP contribution >= 0.6 is 12.4 Å². The molecule has 0 bridgehead atoms. The molecular weight excluding hydrogens is 262 g/mol. The van der Waals surface area contributed by atoms with Gasteiger partial charge in [0.15, 0.2) is 0 Å². The van der Waals surface area contributed by atoms with Crippen LogP contribution in [-0.2, 0) is 4.79 Å². The second kappa shape index (κ2) is 9.56. The van der Waals surface area contributed by atoms with Crippen LogP contribution in [0.3, 0.4) is 0 Å². The van der Waals surface area contributed by atoms with Crippen LogP contribution in [0, 0.1) is 5.92 Å². The summed E-state index contributed by atoms with van der Waals surface area (Å²) in [5, 5.41) is 3.10. The molecule has 0 heterocycles. The lowest BCUT2D eigenvalue weighted by molar-refractivity contribution is -0.137. The van der Waals surface area contributed by atoms with E-state index < -0.39 is 0 Å². The number of likely N-dealkylation sites (N-methyl/N-ethyl adjacent to an activating group) is 1. The molecule has 1 amide bonds. The summed E-state index contributed by atoms with van der Waals surface area (Å²) in [7, 11) is 6.03. The van der Waals surface area contributed by atoms with E-state index in [9.17, 15) is 4.79 Å². The van der Waals surface area contributed by atoms with Crippen molar-refractivity contribution in [1.82, 2.24) is 15.1 Å². The summed E-state index contributed by atoms with van der Waals surface area (Å²) in [5.41, 5.74) is 0. The lowest BCUT2D eigenvalue weighted by atomic mass is 10.1. The maximum Gasteiger partial charge on any atom is 0.226 e. The topological polar surface area (TPSA) is 35.6 Å². The lowest BCUT2D eigenvalue weighted by Gasteiger charge is -2.32. The summed E-state index contributed by atoms with van der Waals surface area (Å²) < 4.78 is 0. The molecule has 4 nitrogen and oxygen atoms in total. The number of carbonyl (C=O) groups excluding carboxylic acids is 1. The number of carbonyl (C=O) groups is 1. The van der Waals surface area contributed by atoms with Crippen LogP contribution in [0.2, 0.25) is 0 Å². The van der Waals surface area contributed by atoms with E-state index in [1.165, 1.54) is 25.7 Å². The van der Waals surface area contributed by atoms with E-state index in [1.807, 2.05) is 14.0 Å². The van der Waals surface area contributed by atoms with Crippen LogP contribution in [0.5, 0.6) is 0 Å². The highest BCUT2D eigenvalue weighted by Crippen LogP contribution is 2.24. The third kappa shape index (κ3) is 6.11. The van der Waals surface area contributed by atoms with Gasteiger partial charge in [-0.2, -0.15) is 0 Å². The average Bonchev–Trinajstić information content (AvgIpc) is 2.82. The van der Waals surface area contributed by atoms with E-state index >= 15 is 0 Å². The fraction of sp³-hybridized carbons (Fsp3) is 0.929. The molecule has 0 radical (unpaired) electrons. The Morgan fingerprint density at radius 3 is 2.32 bits per heavy atom. The third-order valence-electron chi connectivity index (χ3n) is 3.77. The van der Waals surface area contributed by atoms with Gasteiger partial charge in [0.25, 0.3) is 0 Å². The van der Waals surface area contributed by atoms with Gasteiger partial charge in [-0.1, -0.05) is 19.8 Å². The van der Waals surface area contributed by atoms with Gasteiger partial charge in [-0.3, -0.25) is 4.79 Å². The van der Waals surface area contributed by atoms with E-state index in [2.05, 4.69) is 29.2 Å². The van der Waals surface area contributed by atoms with Crippen LogP contribution in [-0.4, -0.2) is 62.5 Å². The monoisotopic (exact) mass is 291 g/mol. The maximum atomic E-state index is 12.5. The fourth-order valence-corrected chi connectivity index (χ4v) is 2.67. The first kappa shape index (κ1) is 18.7. The zero-order valence-electron chi connectivity index (χ0n) is 12.8. The predicted molar refractivity (Wildman–Crippen MR) is 82.9 cm³/mol. The van der Waals surface area contributed by atoms with Crippen molar-refractivity contribution in [2.24, 2.45) is 5.92 Å². The van der Waals surface area contributed by atoms with Crippen molar-refractivity contribution in [1.29, 1.82) is 0 Å². The van der Waals surface area contributed by atoms with Gasteiger partial charge in [-0.15, -0.1) is 12.4 Å². The van der Waals surface area contributed by atoms with Crippen molar-refractivity contribution in [3.8, 4) is 0 Å². The Bertz CT molecular complexity index is 255. The van der Waals surface area contributed by atoms with Crippen molar-refractivity contribution in [3.63, 3.8) is 0 Å². The van der Waals surface area contributed by atoms with Crippen LogP contribution in [0.4, 0.5) is 0 Å². The smallest absolute Gasteiger partial charge is 0.226 e. The summed E-state index contributed by atoms with van der Waals surface area (Å²) >= 11 is 0. The standard InChI is InChI=1S/C14H29N3O.ClH/c1-12(11-15-2)14(18)17(10-9-16(3)4)13-7-5-6-8-13;/h12-13,15H,5-11H2,1-4H3;1H. The zero-order valence-corrected chi connectivity index (χ0v) is 13.6. The van der Waals surface area contributed by atoms with Gasteiger partial charge in [0.1, 0.15) is 0 Å². The summed E-state index contributed by atoms with van der Waals surface area (Å²) in [6, 6.07) is 0.483. The quantitative estimate of drug-likeness (QED) is 0.774. The van der Waals surface area contributed by atoms with Gasteiger partial charge in [0.05, 0.1) is 0 Å². The number of halogens is 1. The van der Waals surface area contributed by atoms with E-state index in [0.717, 1.165) is 19.6 Å². The molecule has 114 valence electrons. The van der Waals surface area contributed by atoms with Crippen molar-refractivity contribution in [2.75, 3.05) is 40.8 Å². The number of hydrogen-bond acceptors (Lipinski definition) is 3. The van der Waals surface area contributed by atoms with Crippen molar-refractivity contribution < 1.29 is 4.79 Å². The predicted octanol–water partition coefficient (Wildman–Crippen LogP) is 1.60. The minimum Gasteiger partial charge on any atom is -0.338 e. The van der Waals surface area contributed by atoms with Crippen molar-refractivity contribution in [3.05, 3.63) is 0 Å². The lowest BCUT2D eigenvalue weighted by Crippen LogP contribution is -2.46. The van der Waals surface area contributed by atoms with E-state index in [1.54, 1.807) is 0 Å². The van der Waals surface area contributed by atoms with Crippen molar-refractivity contribution in [2.45, 2.75) is 38.6 Å². The largest absolute Gasteiger partial charge is 0.338 e. The minimum atomic E-state index is 0. The van der Waals surface area contributed by atoms with Gasteiger partial charge in [0.2, 0.25) is 5.91 Å². The summed E-state index contributed by atoms with van der Waals surface area (Å²) in [5.74, 6) is 0.399. The summed E-state index contributed by atoms with van der Waals surface area (Å²) in [6.45, 7) is 4.61. The average molecular weight is 292 g/mol. The number of amides is 1. The number of hydrogen-bond donors (Lipinski definition) is 1. The van der Waals surface area contributed by atoms with Crippen molar-refractivity contribution >= 4 is 18.3 Å². The Morgan fingerprint density at radius 2 is 1.84 bits per heavy atom. The molecule has 1 aliphatic rings. The Labute approximate surface area is 124 Å². The molecule has 5 heteroatoms. The maximum absolute atomic E-state index is 12.5. The van der Waals surface area contributed by atoms with Gasteiger partial charge in [-0.25, -0.2) is 0 Å². The zero-order chi connectivity index (χ0) is 13.5. The molecule has 0 aromatic heterocycles. The van der Waals surface area contributed by atoms with E-state index in [0.29, 0.717) is 11.9 Å². The number of nitrogens with one attached hydrogen (secondary N) is 1. The van der Waals surface area contributed by atoms with Crippen LogP contribution < -0.4 is 5.32 Å². The SMILES string of the molecule is CNCC(C)C(=O)N(CCN(C)C)C1CCCC1.Cl. The molecule has 1 atom stereocenters. The Kier molecular flexibility index (Phi) is 9.40. The first-order valence-corrected chi connectivity index (χ1v) is 7.16. The molecule has 1 saturated carbocycles. The molecule has 1 rings (SSSR count). The second-order valence-corrected chi connectivity index (χ2v) is 5.73. The Hall–Kier alpha value is -0.320. The summed E-state index contributed by atoms with van der Waals surface area (Å²) in [4.78, 5) is 16.8. The Morgan fingerprint density at radius 1 is 1.26 bits per heavy atom. The van der Waals surface area contributed by atoms with Gasteiger partial charge >= 0.3 is 0 Å². The Balaban J connectivity index is 0.00000324. The van der Waals surface area contributed by atoms with Crippen LogP contribution in [0.15, 0.2) is 0 Å². The van der Waals surface area contributed by atoms with Crippen LogP contribution in [0.1, 0.15) is 32.6 Å². The second-order valence-electron chi connectivity index (χ2n) is 5.73. The fourth-order valence-electron chi connectivity index (χ4n) is 2.67. The molecule has 0 aromatic carbocycles. The first-order chi connectivity index (χ1) is 8.56. The molecule has 1 N–H and O–H groups in total. The molecule has 19 heavy (non-hydrogen) atoms. The number of rotatable bonds is 7. The van der Waals surface area contributed by atoms with Crippen LogP contribution in [0.25, 0.3) is 0 Å². The third-order valence-corrected chi connectivity index (χ3v) is 3.77. The highest BCUT2D eigenvalue weighted by atomic mass is 35.5. The normalized spacial score (nSPS) is 17.3. The van der Waals surface area contributed by atoms with Gasteiger partial charge in [-0.05, 0) is 34.0 Å². The molecule has 0 aliphatic heterocycles. The summed E-state index contributed by atoms with van der Waals surface area (Å²) in [6.07, 6.45) is 4.92. The molecule has 1 fully saturated rings. The molecule has 0 aromatic rings. The highest BCUT2D eigenvalue weighted by Gasteiger charge is 2.28. The molecule has 0 spiro atoms. The number of nitrogens with zero attached hydrogens (tertiary/aromatic N) is 2. The van der Waals surface area contributed by atoms with E-state index in [-0.39, 0.29) is 18.3 Å². The van der Waals surface area contributed by atoms with Gasteiger partial charge in [0, 0.05) is 31.6 Å². The first-order valence-electron chi connectivity index (χ1n) is 7.16. The highest BCUT2D eigenvalue weighted by molar-refractivity contribution is 5.85. The van der Waals surface area contributed by atoms with Gasteiger partial charge < -0.3 is 15.1 Å². The minimum absolute atomic E-state index is 0. The molecule has 1 aliphatic carbocycles. The molecular formula is C14H30ClN3O. The molecule has 0 saturated heterocycles. The van der Waals surface area contributed by atoms with E-state index in [4.69, 9.17) is 0 Å². The molecule has 1 unspecified atom stereocenters.